The zero-order valence-corrected chi connectivity index (χ0v) is 10.7. The highest BCUT2D eigenvalue weighted by molar-refractivity contribution is 9.10. The number of nitrogens with two attached hydrogens (primary N) is 1. The second kappa shape index (κ2) is 4.37. The molecule has 0 fully saturated rings. The first-order valence-electron chi connectivity index (χ1n) is 4.64. The van der Waals surface area contributed by atoms with Crippen molar-refractivity contribution in [2.45, 2.75) is 19.4 Å². The normalized spacial score (nSPS) is 11.5. The first-order chi connectivity index (χ1) is 6.81. The maximum atomic E-state index is 9.72. The van der Waals surface area contributed by atoms with Crippen LogP contribution >= 0.6 is 15.9 Å². The molecule has 0 aliphatic carbocycles. The van der Waals surface area contributed by atoms with Crippen LogP contribution < -0.4 is 10.6 Å². The smallest absolute Gasteiger partial charge is 0.0774 e. The molecule has 15 heavy (non-hydrogen) atoms. The standard InChI is InChI=1S/C10H16BrN3O/c1-10(2,15)6-14(3)9-7(11)4-13-5-8(9)12/h4-5,15H,6,12H2,1-3H3. The van der Waals surface area contributed by atoms with Gasteiger partial charge in [-0.2, -0.15) is 0 Å². The Labute approximate surface area is 98.2 Å². The van der Waals surface area contributed by atoms with E-state index in [1.165, 1.54) is 0 Å². The molecule has 0 aliphatic heterocycles. The van der Waals surface area contributed by atoms with E-state index < -0.39 is 5.60 Å². The maximum Gasteiger partial charge on any atom is 0.0774 e. The second-order valence-corrected chi connectivity index (χ2v) is 5.08. The Morgan fingerprint density at radius 3 is 2.60 bits per heavy atom. The van der Waals surface area contributed by atoms with Crippen molar-refractivity contribution in [3.63, 3.8) is 0 Å². The van der Waals surface area contributed by atoms with Crippen molar-refractivity contribution < 1.29 is 5.11 Å². The van der Waals surface area contributed by atoms with E-state index in [4.69, 9.17) is 5.73 Å². The Balaban J connectivity index is 2.96. The molecule has 1 aromatic heterocycles. The zero-order chi connectivity index (χ0) is 11.6. The number of hydrogen-bond acceptors (Lipinski definition) is 4. The minimum atomic E-state index is -0.760. The van der Waals surface area contributed by atoms with Gasteiger partial charge in [0.25, 0.3) is 0 Å². The predicted octanol–water partition coefficient (Wildman–Crippen LogP) is 1.63. The van der Waals surface area contributed by atoms with Gasteiger partial charge in [0.2, 0.25) is 0 Å². The van der Waals surface area contributed by atoms with E-state index in [1.807, 2.05) is 11.9 Å². The molecule has 5 heteroatoms. The number of pyridine rings is 1. The summed E-state index contributed by atoms with van der Waals surface area (Å²) >= 11 is 3.39. The van der Waals surface area contributed by atoms with E-state index in [1.54, 1.807) is 26.2 Å². The number of aliphatic hydroxyl groups is 1. The van der Waals surface area contributed by atoms with Crippen LogP contribution in [0.15, 0.2) is 16.9 Å². The van der Waals surface area contributed by atoms with Crippen LogP contribution in [0.5, 0.6) is 0 Å². The molecule has 1 aromatic rings. The summed E-state index contributed by atoms with van der Waals surface area (Å²) in [6, 6.07) is 0. The fourth-order valence-electron chi connectivity index (χ4n) is 1.51. The first-order valence-corrected chi connectivity index (χ1v) is 5.43. The van der Waals surface area contributed by atoms with Crippen molar-refractivity contribution in [3.05, 3.63) is 16.9 Å². The minimum Gasteiger partial charge on any atom is -0.396 e. The molecule has 3 N–H and O–H groups in total. The number of nitrogen functional groups attached to an aromatic ring is 1. The molecule has 4 nitrogen and oxygen atoms in total. The van der Waals surface area contributed by atoms with Gasteiger partial charge < -0.3 is 15.7 Å². The van der Waals surface area contributed by atoms with Gasteiger partial charge in [-0.3, -0.25) is 4.98 Å². The molecular formula is C10H16BrN3O. The molecule has 0 radical (unpaired) electrons. The Bertz CT molecular complexity index is 329. The number of aromatic nitrogens is 1. The van der Waals surface area contributed by atoms with Gasteiger partial charge in [0.05, 0.1) is 27.6 Å². The van der Waals surface area contributed by atoms with Crippen molar-refractivity contribution in [2.24, 2.45) is 0 Å². The quantitative estimate of drug-likeness (QED) is 0.879. The van der Waals surface area contributed by atoms with Crippen LogP contribution in [0.3, 0.4) is 0 Å². The van der Waals surface area contributed by atoms with Gasteiger partial charge in [-0.25, -0.2) is 0 Å². The van der Waals surface area contributed by atoms with Crippen LogP contribution in [-0.2, 0) is 0 Å². The molecular weight excluding hydrogens is 258 g/mol. The molecule has 0 spiro atoms. The highest BCUT2D eigenvalue weighted by atomic mass is 79.9. The Morgan fingerprint density at radius 2 is 2.13 bits per heavy atom. The lowest BCUT2D eigenvalue weighted by atomic mass is 10.1. The van der Waals surface area contributed by atoms with E-state index in [2.05, 4.69) is 20.9 Å². The molecule has 1 heterocycles. The Kier molecular flexibility index (Phi) is 3.57. The molecule has 0 aliphatic rings. The third-order valence-corrected chi connectivity index (χ3v) is 2.49. The van der Waals surface area contributed by atoms with Gasteiger partial charge in [0, 0.05) is 19.8 Å². The summed E-state index contributed by atoms with van der Waals surface area (Å²) in [4.78, 5) is 5.87. The van der Waals surface area contributed by atoms with E-state index in [0.29, 0.717) is 12.2 Å². The summed E-state index contributed by atoms with van der Waals surface area (Å²) in [5.41, 5.74) is 6.51. The van der Waals surface area contributed by atoms with E-state index >= 15 is 0 Å². The molecule has 0 saturated heterocycles. The van der Waals surface area contributed by atoms with E-state index in [9.17, 15) is 5.11 Å². The fraction of sp³-hybridized carbons (Fsp3) is 0.500. The van der Waals surface area contributed by atoms with Crippen LogP contribution in [0.2, 0.25) is 0 Å². The maximum absolute atomic E-state index is 9.72. The molecule has 0 atom stereocenters. The lowest BCUT2D eigenvalue weighted by Crippen LogP contribution is -2.36. The average Bonchev–Trinajstić information content (AvgIpc) is 1.99. The summed E-state index contributed by atoms with van der Waals surface area (Å²) < 4.78 is 0.828. The fourth-order valence-corrected chi connectivity index (χ4v) is 2.16. The van der Waals surface area contributed by atoms with Crippen molar-refractivity contribution in [3.8, 4) is 0 Å². The SMILES string of the molecule is CN(CC(C)(C)O)c1c(N)cncc1Br. The van der Waals surface area contributed by atoms with Crippen molar-refractivity contribution in [1.29, 1.82) is 0 Å². The van der Waals surface area contributed by atoms with E-state index in [-0.39, 0.29) is 0 Å². The van der Waals surface area contributed by atoms with Crippen molar-refractivity contribution >= 4 is 27.3 Å². The lowest BCUT2D eigenvalue weighted by molar-refractivity contribution is 0.0886. The highest BCUT2D eigenvalue weighted by Crippen LogP contribution is 2.30. The highest BCUT2D eigenvalue weighted by Gasteiger charge is 2.18. The molecule has 0 aromatic carbocycles. The third-order valence-electron chi connectivity index (χ3n) is 1.91. The summed E-state index contributed by atoms with van der Waals surface area (Å²) in [5.74, 6) is 0. The van der Waals surface area contributed by atoms with Crippen LogP contribution in [0.4, 0.5) is 11.4 Å². The number of hydrogen-bond donors (Lipinski definition) is 2. The summed E-state index contributed by atoms with van der Waals surface area (Å²) in [5, 5.41) is 9.72. The molecule has 0 unspecified atom stereocenters. The van der Waals surface area contributed by atoms with Gasteiger partial charge in [0.1, 0.15) is 0 Å². The largest absolute Gasteiger partial charge is 0.396 e. The summed E-state index contributed by atoms with van der Waals surface area (Å²) in [6.45, 7) is 4.02. The van der Waals surface area contributed by atoms with Gasteiger partial charge in [-0.1, -0.05) is 0 Å². The molecule has 0 bridgehead atoms. The van der Waals surface area contributed by atoms with Gasteiger partial charge in [-0.05, 0) is 29.8 Å². The third kappa shape index (κ3) is 3.35. The predicted molar refractivity (Wildman–Crippen MR) is 65.9 cm³/mol. The minimum absolute atomic E-state index is 0.500. The van der Waals surface area contributed by atoms with E-state index in [0.717, 1.165) is 10.2 Å². The number of halogens is 1. The first kappa shape index (κ1) is 12.3. The molecule has 0 amide bonds. The van der Waals surface area contributed by atoms with Gasteiger partial charge >= 0.3 is 0 Å². The molecule has 0 saturated carbocycles. The summed E-state index contributed by atoms with van der Waals surface area (Å²) in [6.07, 6.45) is 3.29. The number of nitrogens with zero attached hydrogens (tertiary/aromatic N) is 2. The van der Waals surface area contributed by atoms with Crippen LogP contribution in [0.1, 0.15) is 13.8 Å². The number of rotatable bonds is 3. The van der Waals surface area contributed by atoms with Gasteiger partial charge in [0.15, 0.2) is 0 Å². The topological polar surface area (TPSA) is 62.4 Å². The summed E-state index contributed by atoms with van der Waals surface area (Å²) in [7, 11) is 1.88. The van der Waals surface area contributed by atoms with Crippen molar-refractivity contribution in [1.82, 2.24) is 4.98 Å². The Morgan fingerprint density at radius 1 is 1.53 bits per heavy atom. The van der Waals surface area contributed by atoms with Crippen LogP contribution in [0, 0.1) is 0 Å². The molecule has 1 rings (SSSR count). The monoisotopic (exact) mass is 273 g/mol. The van der Waals surface area contributed by atoms with Crippen molar-refractivity contribution in [2.75, 3.05) is 24.2 Å². The lowest BCUT2D eigenvalue weighted by Gasteiger charge is -2.28. The van der Waals surface area contributed by atoms with Crippen LogP contribution in [0.25, 0.3) is 0 Å². The Hall–Kier alpha value is -0.810. The average molecular weight is 274 g/mol. The number of anilines is 2. The second-order valence-electron chi connectivity index (χ2n) is 4.23. The zero-order valence-electron chi connectivity index (χ0n) is 9.16. The van der Waals surface area contributed by atoms with Crippen LogP contribution in [-0.4, -0.2) is 29.3 Å². The van der Waals surface area contributed by atoms with Gasteiger partial charge in [-0.15, -0.1) is 0 Å². The number of likely N-dealkylation sites (N-methyl/N-ethyl adjacent to an activating group) is 1. The molecule has 84 valence electrons.